The minimum absolute atomic E-state index is 0.0735. The molecule has 0 saturated heterocycles. The molecule has 0 saturated carbocycles. The molecule has 0 amide bonds. The number of ether oxygens (including phenoxy) is 1. The Balaban J connectivity index is 2.34. The highest BCUT2D eigenvalue weighted by atomic mass is 16.5. The zero-order valence-corrected chi connectivity index (χ0v) is 8.56. The van der Waals surface area contributed by atoms with Crippen molar-refractivity contribution in [2.75, 3.05) is 20.2 Å². The third kappa shape index (κ3) is 3.22. The maximum atomic E-state index is 11.2. The summed E-state index contributed by atoms with van der Waals surface area (Å²) in [4.78, 5) is 13.0. The van der Waals surface area contributed by atoms with Gasteiger partial charge in [-0.2, -0.15) is 0 Å². The summed E-state index contributed by atoms with van der Waals surface area (Å²) in [5.41, 5.74) is 0. The lowest BCUT2D eigenvalue weighted by Gasteiger charge is -2.25. The molecular formula is C10H16N2O2. The van der Waals surface area contributed by atoms with Crippen molar-refractivity contribution in [2.24, 2.45) is 0 Å². The number of rotatable bonds is 4. The summed E-state index contributed by atoms with van der Waals surface area (Å²) >= 11 is 0. The number of esters is 1. The second-order valence-electron chi connectivity index (χ2n) is 3.08. The first-order valence-corrected chi connectivity index (χ1v) is 4.69. The van der Waals surface area contributed by atoms with Gasteiger partial charge in [-0.1, -0.05) is 6.08 Å². The van der Waals surface area contributed by atoms with Crippen molar-refractivity contribution >= 4 is 5.97 Å². The van der Waals surface area contributed by atoms with Crippen LogP contribution in [0.15, 0.2) is 24.4 Å². The third-order valence-corrected chi connectivity index (χ3v) is 1.93. The van der Waals surface area contributed by atoms with E-state index in [4.69, 9.17) is 4.74 Å². The number of carbonyl (C=O) groups excluding carboxylic acids is 1. The fourth-order valence-corrected chi connectivity index (χ4v) is 1.22. The zero-order valence-electron chi connectivity index (χ0n) is 8.56. The van der Waals surface area contributed by atoms with Crippen LogP contribution in [0.3, 0.4) is 0 Å². The second-order valence-corrected chi connectivity index (χ2v) is 3.08. The minimum Gasteiger partial charge on any atom is -0.465 e. The standard InChI is InChI=1S/C10H16N2O2/c1-3-14-10(13)8-12(2)9-6-4-5-7-11-9/h4-7,9,11H,3,8H2,1-2H3. The van der Waals surface area contributed by atoms with E-state index in [1.54, 1.807) is 6.92 Å². The van der Waals surface area contributed by atoms with Gasteiger partial charge in [0.2, 0.25) is 0 Å². The fraction of sp³-hybridized carbons (Fsp3) is 0.500. The molecule has 1 rings (SSSR count). The largest absolute Gasteiger partial charge is 0.465 e. The molecule has 1 atom stereocenters. The number of allylic oxidation sites excluding steroid dienone is 2. The summed E-state index contributed by atoms with van der Waals surface area (Å²) in [6.07, 6.45) is 7.77. The van der Waals surface area contributed by atoms with Crippen molar-refractivity contribution in [1.29, 1.82) is 0 Å². The Bertz CT molecular complexity index is 249. The molecule has 0 aliphatic carbocycles. The van der Waals surface area contributed by atoms with Crippen molar-refractivity contribution in [3.05, 3.63) is 24.4 Å². The van der Waals surface area contributed by atoms with Crippen molar-refractivity contribution in [3.8, 4) is 0 Å². The number of carbonyl (C=O) groups is 1. The molecule has 0 spiro atoms. The van der Waals surface area contributed by atoms with Crippen LogP contribution in [-0.4, -0.2) is 37.2 Å². The van der Waals surface area contributed by atoms with Crippen LogP contribution in [0, 0.1) is 0 Å². The monoisotopic (exact) mass is 196 g/mol. The summed E-state index contributed by atoms with van der Waals surface area (Å²) in [7, 11) is 1.87. The van der Waals surface area contributed by atoms with Crippen LogP contribution in [-0.2, 0) is 9.53 Å². The average molecular weight is 196 g/mol. The molecule has 0 aromatic heterocycles. The molecule has 1 heterocycles. The summed E-state index contributed by atoms with van der Waals surface area (Å²) in [5.74, 6) is -0.195. The summed E-state index contributed by atoms with van der Waals surface area (Å²) in [6.45, 7) is 2.53. The van der Waals surface area contributed by atoms with Crippen molar-refractivity contribution < 1.29 is 9.53 Å². The molecule has 1 aliphatic rings. The Kier molecular flexibility index (Phi) is 4.19. The normalized spacial score (nSPS) is 19.5. The number of nitrogens with one attached hydrogen (secondary N) is 1. The molecule has 0 aromatic carbocycles. The first kappa shape index (κ1) is 10.8. The van der Waals surface area contributed by atoms with Crippen molar-refractivity contribution in [2.45, 2.75) is 13.1 Å². The molecule has 0 fully saturated rings. The highest BCUT2D eigenvalue weighted by Gasteiger charge is 2.14. The Morgan fingerprint density at radius 3 is 2.93 bits per heavy atom. The van der Waals surface area contributed by atoms with Gasteiger partial charge in [0.05, 0.1) is 19.3 Å². The van der Waals surface area contributed by atoms with E-state index in [2.05, 4.69) is 5.32 Å². The van der Waals surface area contributed by atoms with E-state index < -0.39 is 0 Å². The van der Waals surface area contributed by atoms with Crippen molar-refractivity contribution in [3.63, 3.8) is 0 Å². The molecule has 4 heteroatoms. The van der Waals surface area contributed by atoms with Gasteiger partial charge in [0, 0.05) is 0 Å². The number of hydrogen-bond donors (Lipinski definition) is 1. The van der Waals surface area contributed by atoms with E-state index in [1.807, 2.05) is 36.4 Å². The number of dihydropyridines is 1. The van der Waals surface area contributed by atoms with Crippen LogP contribution in [0.1, 0.15) is 6.92 Å². The molecule has 4 nitrogen and oxygen atoms in total. The molecule has 78 valence electrons. The average Bonchev–Trinajstić information content (AvgIpc) is 2.19. The Labute approximate surface area is 84.2 Å². The maximum Gasteiger partial charge on any atom is 0.320 e. The van der Waals surface area contributed by atoms with E-state index >= 15 is 0 Å². The molecule has 0 aromatic rings. The Morgan fingerprint density at radius 1 is 1.57 bits per heavy atom. The molecular weight excluding hydrogens is 180 g/mol. The van der Waals surface area contributed by atoms with E-state index in [-0.39, 0.29) is 12.1 Å². The highest BCUT2D eigenvalue weighted by molar-refractivity contribution is 5.71. The molecule has 1 N–H and O–H groups in total. The third-order valence-electron chi connectivity index (χ3n) is 1.93. The maximum absolute atomic E-state index is 11.2. The van der Waals surface area contributed by atoms with Crippen LogP contribution >= 0.6 is 0 Å². The summed E-state index contributed by atoms with van der Waals surface area (Å²) < 4.78 is 4.85. The second kappa shape index (κ2) is 5.44. The lowest BCUT2D eigenvalue weighted by molar-refractivity contribution is -0.144. The minimum atomic E-state index is -0.195. The first-order chi connectivity index (χ1) is 6.74. The van der Waals surface area contributed by atoms with Gasteiger partial charge in [-0.25, -0.2) is 0 Å². The van der Waals surface area contributed by atoms with Gasteiger partial charge >= 0.3 is 5.97 Å². The van der Waals surface area contributed by atoms with E-state index in [0.717, 1.165) is 0 Å². The van der Waals surface area contributed by atoms with E-state index in [1.165, 1.54) is 0 Å². The topological polar surface area (TPSA) is 41.6 Å². The van der Waals surface area contributed by atoms with Gasteiger partial charge in [-0.15, -0.1) is 0 Å². The molecule has 1 unspecified atom stereocenters. The van der Waals surface area contributed by atoms with E-state index in [9.17, 15) is 4.79 Å². The predicted molar refractivity (Wildman–Crippen MR) is 54.5 cm³/mol. The molecule has 1 aliphatic heterocycles. The van der Waals surface area contributed by atoms with Gasteiger partial charge in [0.15, 0.2) is 0 Å². The molecule has 0 bridgehead atoms. The van der Waals surface area contributed by atoms with Gasteiger partial charge in [-0.05, 0) is 32.3 Å². The van der Waals surface area contributed by atoms with Gasteiger partial charge in [-0.3, -0.25) is 9.69 Å². The van der Waals surface area contributed by atoms with Crippen molar-refractivity contribution in [1.82, 2.24) is 10.2 Å². The lowest BCUT2D eigenvalue weighted by atomic mass is 10.3. The zero-order chi connectivity index (χ0) is 10.4. The Morgan fingerprint density at radius 2 is 2.36 bits per heavy atom. The fourth-order valence-electron chi connectivity index (χ4n) is 1.22. The Hall–Kier alpha value is -1.29. The molecule has 14 heavy (non-hydrogen) atoms. The number of hydrogen-bond acceptors (Lipinski definition) is 4. The van der Waals surface area contributed by atoms with Crippen LogP contribution in [0.2, 0.25) is 0 Å². The molecule has 0 radical (unpaired) electrons. The van der Waals surface area contributed by atoms with Crippen LogP contribution in [0.5, 0.6) is 0 Å². The smallest absolute Gasteiger partial charge is 0.320 e. The van der Waals surface area contributed by atoms with Crippen LogP contribution in [0.4, 0.5) is 0 Å². The summed E-state index contributed by atoms with van der Waals surface area (Å²) in [6, 6.07) is 0. The SMILES string of the molecule is CCOC(=O)CN(C)C1C=CC=CN1. The van der Waals surface area contributed by atoms with Gasteiger partial charge in [0.25, 0.3) is 0 Å². The number of likely N-dealkylation sites (N-methyl/N-ethyl adjacent to an activating group) is 1. The van der Waals surface area contributed by atoms with Crippen LogP contribution in [0.25, 0.3) is 0 Å². The predicted octanol–water partition coefficient (Wildman–Crippen LogP) is 0.480. The van der Waals surface area contributed by atoms with Crippen LogP contribution < -0.4 is 5.32 Å². The quantitative estimate of drug-likeness (QED) is 0.664. The lowest BCUT2D eigenvalue weighted by Crippen LogP contribution is -2.43. The first-order valence-electron chi connectivity index (χ1n) is 4.69. The highest BCUT2D eigenvalue weighted by Crippen LogP contribution is 1.99. The van der Waals surface area contributed by atoms with Gasteiger partial charge < -0.3 is 10.1 Å². The summed E-state index contributed by atoms with van der Waals surface area (Å²) in [5, 5.41) is 3.12. The van der Waals surface area contributed by atoms with E-state index in [0.29, 0.717) is 13.2 Å². The number of nitrogens with zero attached hydrogens (tertiary/aromatic N) is 1. The van der Waals surface area contributed by atoms with Gasteiger partial charge in [0.1, 0.15) is 0 Å².